The number of hydrogen-bond acceptors (Lipinski definition) is 4. The SMILES string of the molecule is COC[C@@H]1CCN(C(=O)c2ccc3oc(C(C)C)nc3c2)C1. The lowest BCUT2D eigenvalue weighted by Gasteiger charge is -2.16. The Kier molecular flexibility index (Phi) is 4.16. The van der Waals surface area contributed by atoms with Crippen molar-refractivity contribution in [1.29, 1.82) is 0 Å². The maximum atomic E-state index is 12.6. The highest BCUT2D eigenvalue weighted by Crippen LogP contribution is 2.24. The number of carbonyl (C=O) groups is 1. The van der Waals surface area contributed by atoms with Crippen LogP contribution in [0.4, 0.5) is 0 Å². The van der Waals surface area contributed by atoms with Gasteiger partial charge >= 0.3 is 0 Å². The van der Waals surface area contributed by atoms with Gasteiger partial charge in [-0.3, -0.25) is 4.79 Å². The first-order chi connectivity index (χ1) is 10.6. The molecule has 5 nitrogen and oxygen atoms in total. The predicted molar refractivity (Wildman–Crippen MR) is 84.0 cm³/mol. The Morgan fingerprint density at radius 3 is 3.05 bits per heavy atom. The number of rotatable bonds is 4. The van der Waals surface area contributed by atoms with E-state index in [0.717, 1.165) is 30.6 Å². The van der Waals surface area contributed by atoms with Gasteiger partial charge in [0.2, 0.25) is 0 Å². The lowest BCUT2D eigenvalue weighted by molar-refractivity contribution is 0.0775. The summed E-state index contributed by atoms with van der Waals surface area (Å²) in [5, 5.41) is 0. The van der Waals surface area contributed by atoms with Gasteiger partial charge in [-0.05, 0) is 24.6 Å². The third-order valence-electron chi connectivity index (χ3n) is 4.12. The second kappa shape index (κ2) is 6.08. The number of fused-ring (bicyclic) bond motifs is 1. The Balaban J connectivity index is 1.79. The van der Waals surface area contributed by atoms with Crippen LogP contribution in [0.1, 0.15) is 42.4 Å². The minimum Gasteiger partial charge on any atom is -0.440 e. The van der Waals surface area contributed by atoms with Crippen molar-refractivity contribution in [3.8, 4) is 0 Å². The molecule has 0 radical (unpaired) electrons. The molecule has 0 unspecified atom stereocenters. The summed E-state index contributed by atoms with van der Waals surface area (Å²) < 4.78 is 10.9. The van der Waals surface area contributed by atoms with Gasteiger partial charge in [0.1, 0.15) is 5.52 Å². The van der Waals surface area contributed by atoms with Gasteiger partial charge in [-0.2, -0.15) is 0 Å². The molecule has 0 bridgehead atoms. The quantitative estimate of drug-likeness (QED) is 0.871. The summed E-state index contributed by atoms with van der Waals surface area (Å²) in [5.74, 6) is 1.45. The topological polar surface area (TPSA) is 55.6 Å². The van der Waals surface area contributed by atoms with E-state index >= 15 is 0 Å². The van der Waals surface area contributed by atoms with Gasteiger partial charge in [0.25, 0.3) is 5.91 Å². The number of methoxy groups -OCH3 is 1. The Morgan fingerprint density at radius 2 is 2.32 bits per heavy atom. The van der Waals surface area contributed by atoms with Crippen molar-refractivity contribution in [3.05, 3.63) is 29.7 Å². The van der Waals surface area contributed by atoms with E-state index in [1.807, 2.05) is 36.9 Å². The number of ether oxygens (including phenoxy) is 1. The van der Waals surface area contributed by atoms with Gasteiger partial charge in [0, 0.05) is 37.6 Å². The molecule has 0 N–H and O–H groups in total. The average Bonchev–Trinajstić information content (AvgIpc) is 3.12. The predicted octanol–water partition coefficient (Wildman–Crippen LogP) is 3.06. The van der Waals surface area contributed by atoms with Crippen LogP contribution in [0, 0.1) is 5.92 Å². The summed E-state index contributed by atoms with van der Waals surface area (Å²) in [6.07, 6.45) is 1.00. The first kappa shape index (κ1) is 15.0. The Labute approximate surface area is 130 Å². The standard InChI is InChI=1S/C17H22N2O3/c1-11(2)16-18-14-8-13(4-5-15(14)22-16)17(20)19-7-6-12(9-19)10-21-3/h4-5,8,11-12H,6-7,9-10H2,1-3H3/t12-/m1/s1. The average molecular weight is 302 g/mol. The molecule has 2 heterocycles. The van der Waals surface area contributed by atoms with Gasteiger partial charge in [-0.15, -0.1) is 0 Å². The molecule has 5 heteroatoms. The molecule has 1 atom stereocenters. The Hall–Kier alpha value is -1.88. The zero-order valence-electron chi connectivity index (χ0n) is 13.3. The number of nitrogens with zero attached hydrogens (tertiary/aromatic N) is 2. The molecule has 1 aliphatic heterocycles. The highest BCUT2D eigenvalue weighted by Gasteiger charge is 2.27. The molecule has 0 aliphatic carbocycles. The van der Waals surface area contributed by atoms with Gasteiger partial charge in [-0.25, -0.2) is 4.98 Å². The first-order valence-corrected chi connectivity index (χ1v) is 7.77. The van der Waals surface area contributed by atoms with Crippen molar-refractivity contribution >= 4 is 17.0 Å². The van der Waals surface area contributed by atoms with Gasteiger partial charge in [0.15, 0.2) is 11.5 Å². The molecule has 3 rings (SSSR count). The van der Waals surface area contributed by atoms with Crippen LogP contribution in [0.3, 0.4) is 0 Å². The summed E-state index contributed by atoms with van der Waals surface area (Å²) in [4.78, 5) is 19.0. The molecule has 118 valence electrons. The van der Waals surface area contributed by atoms with Crippen molar-refractivity contribution in [2.45, 2.75) is 26.2 Å². The molecule has 1 saturated heterocycles. The molecule has 1 fully saturated rings. The fraction of sp³-hybridized carbons (Fsp3) is 0.529. The van der Waals surface area contributed by atoms with E-state index < -0.39 is 0 Å². The monoisotopic (exact) mass is 302 g/mol. The smallest absolute Gasteiger partial charge is 0.253 e. The summed E-state index contributed by atoms with van der Waals surface area (Å²) in [6, 6.07) is 5.49. The van der Waals surface area contributed by atoms with E-state index in [2.05, 4.69) is 4.98 Å². The van der Waals surface area contributed by atoms with Gasteiger partial charge in [-0.1, -0.05) is 13.8 Å². The van der Waals surface area contributed by atoms with Crippen LogP contribution in [0.2, 0.25) is 0 Å². The number of likely N-dealkylation sites (tertiary alicyclic amines) is 1. The van der Waals surface area contributed by atoms with Crippen LogP contribution in [-0.2, 0) is 4.74 Å². The molecule has 2 aromatic rings. The summed E-state index contributed by atoms with van der Waals surface area (Å²) >= 11 is 0. The largest absolute Gasteiger partial charge is 0.440 e. The highest BCUT2D eigenvalue weighted by atomic mass is 16.5. The lowest BCUT2D eigenvalue weighted by Crippen LogP contribution is -2.29. The number of amides is 1. The van der Waals surface area contributed by atoms with Crippen molar-refractivity contribution in [3.63, 3.8) is 0 Å². The lowest BCUT2D eigenvalue weighted by atomic mass is 10.1. The summed E-state index contributed by atoms with van der Waals surface area (Å²) in [7, 11) is 1.70. The van der Waals surface area contributed by atoms with Crippen LogP contribution in [-0.4, -0.2) is 42.6 Å². The number of hydrogen-bond donors (Lipinski definition) is 0. The Morgan fingerprint density at radius 1 is 1.50 bits per heavy atom. The number of carbonyl (C=O) groups excluding carboxylic acids is 1. The van der Waals surface area contributed by atoms with Crippen molar-refractivity contribution in [2.24, 2.45) is 5.92 Å². The molecule has 1 amide bonds. The normalized spacial score (nSPS) is 18.5. The van der Waals surface area contributed by atoms with E-state index in [-0.39, 0.29) is 11.8 Å². The molecular weight excluding hydrogens is 280 g/mol. The van der Waals surface area contributed by atoms with E-state index in [0.29, 0.717) is 24.0 Å². The van der Waals surface area contributed by atoms with Crippen LogP contribution < -0.4 is 0 Å². The Bertz CT molecular complexity index is 678. The number of benzene rings is 1. The zero-order chi connectivity index (χ0) is 15.7. The molecule has 0 spiro atoms. The van der Waals surface area contributed by atoms with Crippen molar-refractivity contribution in [2.75, 3.05) is 26.8 Å². The first-order valence-electron chi connectivity index (χ1n) is 7.77. The third kappa shape index (κ3) is 2.86. The third-order valence-corrected chi connectivity index (χ3v) is 4.12. The van der Waals surface area contributed by atoms with E-state index in [1.165, 1.54) is 0 Å². The molecule has 1 aliphatic rings. The van der Waals surface area contributed by atoms with E-state index in [1.54, 1.807) is 7.11 Å². The van der Waals surface area contributed by atoms with Gasteiger partial charge < -0.3 is 14.1 Å². The number of aromatic nitrogens is 1. The molecule has 0 saturated carbocycles. The van der Waals surface area contributed by atoms with Crippen molar-refractivity contribution in [1.82, 2.24) is 9.88 Å². The van der Waals surface area contributed by atoms with Crippen molar-refractivity contribution < 1.29 is 13.9 Å². The minimum absolute atomic E-state index is 0.0644. The number of oxazole rings is 1. The van der Waals surface area contributed by atoms with Crippen LogP contribution in [0.5, 0.6) is 0 Å². The summed E-state index contributed by atoms with van der Waals surface area (Å²) in [6.45, 7) is 6.35. The van der Waals surface area contributed by atoms with Gasteiger partial charge in [0.05, 0.1) is 6.61 Å². The molecule has 1 aromatic heterocycles. The summed E-state index contributed by atoms with van der Waals surface area (Å²) in [5.41, 5.74) is 2.16. The van der Waals surface area contributed by atoms with E-state index in [4.69, 9.17) is 9.15 Å². The highest BCUT2D eigenvalue weighted by molar-refractivity contribution is 5.97. The van der Waals surface area contributed by atoms with Crippen LogP contribution in [0.15, 0.2) is 22.6 Å². The second-order valence-corrected chi connectivity index (χ2v) is 6.25. The fourth-order valence-corrected chi connectivity index (χ4v) is 2.90. The molecule has 22 heavy (non-hydrogen) atoms. The van der Waals surface area contributed by atoms with E-state index in [9.17, 15) is 4.79 Å². The van der Waals surface area contributed by atoms with Crippen LogP contribution in [0.25, 0.3) is 11.1 Å². The maximum Gasteiger partial charge on any atom is 0.253 e. The second-order valence-electron chi connectivity index (χ2n) is 6.25. The van der Waals surface area contributed by atoms with Crippen LogP contribution >= 0.6 is 0 Å². The maximum absolute atomic E-state index is 12.6. The molecular formula is C17H22N2O3. The zero-order valence-corrected chi connectivity index (χ0v) is 13.3. The molecule has 1 aromatic carbocycles. The minimum atomic E-state index is 0.0644. The fourth-order valence-electron chi connectivity index (χ4n) is 2.90.